The molecule has 0 amide bonds. The maximum atomic E-state index is 3.45. The summed E-state index contributed by atoms with van der Waals surface area (Å²) in [6, 6.07) is 20.4. The second-order valence-corrected chi connectivity index (χ2v) is 8.48. The van der Waals surface area contributed by atoms with Crippen LogP contribution in [0.25, 0.3) is 11.1 Å². The summed E-state index contributed by atoms with van der Waals surface area (Å²) in [7, 11) is 0. The van der Waals surface area contributed by atoms with Gasteiger partial charge in [-0.1, -0.05) is 62.8 Å². The second kappa shape index (κ2) is 6.31. The molecule has 0 atom stereocenters. The Kier molecular flexibility index (Phi) is 3.95. The summed E-state index contributed by atoms with van der Waals surface area (Å²) in [4.78, 5) is 0. The average Bonchev–Trinajstić information content (AvgIpc) is 3.01. The van der Waals surface area contributed by atoms with Crippen molar-refractivity contribution >= 4 is 0 Å². The first kappa shape index (κ1) is 15.7. The smallest absolute Gasteiger partial charge is 0.0271 e. The quantitative estimate of drug-likeness (QED) is 0.574. The van der Waals surface area contributed by atoms with Gasteiger partial charge >= 0.3 is 0 Å². The Balaban J connectivity index is 1.76. The van der Waals surface area contributed by atoms with Crippen LogP contribution in [0.2, 0.25) is 0 Å². The minimum absolute atomic E-state index is 0.248. The van der Waals surface area contributed by atoms with Crippen LogP contribution in [0.5, 0.6) is 0 Å². The van der Waals surface area contributed by atoms with Crippen LogP contribution in [0, 0.1) is 24.0 Å². The topological polar surface area (TPSA) is 0 Å². The molecule has 0 spiro atoms. The van der Waals surface area contributed by atoms with E-state index in [-0.39, 0.29) is 5.41 Å². The molecule has 5 rings (SSSR count). The van der Waals surface area contributed by atoms with Crippen LogP contribution >= 0.6 is 0 Å². The van der Waals surface area contributed by atoms with Crippen molar-refractivity contribution in [2.45, 2.75) is 69.6 Å². The van der Waals surface area contributed by atoms with Crippen molar-refractivity contribution in [2.24, 2.45) is 11.8 Å². The predicted octanol–water partition coefficient (Wildman–Crippen LogP) is 6.71. The zero-order chi connectivity index (χ0) is 16.7. The highest BCUT2D eigenvalue weighted by Gasteiger charge is 2.52. The van der Waals surface area contributed by atoms with Gasteiger partial charge in [0, 0.05) is 5.41 Å². The molecular weight excluding hydrogens is 300 g/mol. The molecule has 2 aromatic carbocycles. The Hall–Kier alpha value is -1.56. The summed E-state index contributed by atoms with van der Waals surface area (Å²) in [5, 5.41) is 0. The van der Waals surface area contributed by atoms with Gasteiger partial charge < -0.3 is 0 Å². The fourth-order valence-electron chi connectivity index (χ4n) is 6.50. The third kappa shape index (κ3) is 2.26. The molecule has 2 saturated carbocycles. The minimum Gasteiger partial charge on any atom is -0.0569 e. The molecule has 3 aliphatic carbocycles. The molecule has 0 unspecified atom stereocenters. The van der Waals surface area contributed by atoms with Gasteiger partial charge in [-0.15, -0.1) is 0 Å². The molecule has 3 aliphatic rings. The fourth-order valence-corrected chi connectivity index (χ4v) is 6.50. The van der Waals surface area contributed by atoms with Crippen molar-refractivity contribution in [3.8, 4) is 11.1 Å². The molecule has 25 heavy (non-hydrogen) atoms. The number of benzene rings is 2. The van der Waals surface area contributed by atoms with E-state index in [0.29, 0.717) is 0 Å². The first-order valence-electron chi connectivity index (χ1n) is 10.4. The van der Waals surface area contributed by atoms with E-state index in [4.69, 9.17) is 0 Å². The monoisotopic (exact) mass is 328 g/mol. The standard InChI is InChI=1S/C25H28/c1-3-11-19(12-4-1)25(20-13-5-2-6-14-20)23-17-9-7-15-21(23)22-16-8-10-18-24(22)25/h7,10,15-20H,1-6,11-14H2. The molecule has 0 aromatic heterocycles. The summed E-state index contributed by atoms with van der Waals surface area (Å²) in [6.07, 6.45) is 14.1. The van der Waals surface area contributed by atoms with Crippen molar-refractivity contribution < 1.29 is 0 Å². The van der Waals surface area contributed by atoms with Crippen LogP contribution in [0.1, 0.15) is 75.3 Å². The Bertz CT molecular complexity index is 679. The normalized spacial score (nSPS) is 23.2. The van der Waals surface area contributed by atoms with E-state index >= 15 is 0 Å². The number of hydrogen-bond donors (Lipinski definition) is 0. The van der Waals surface area contributed by atoms with Crippen LogP contribution in [-0.2, 0) is 5.41 Å². The zero-order valence-electron chi connectivity index (χ0n) is 15.2. The summed E-state index contributed by atoms with van der Waals surface area (Å²) in [5.74, 6) is 1.62. The lowest BCUT2D eigenvalue weighted by Gasteiger charge is -2.48. The maximum absolute atomic E-state index is 3.45. The van der Waals surface area contributed by atoms with Gasteiger partial charge in [0.05, 0.1) is 0 Å². The van der Waals surface area contributed by atoms with Crippen LogP contribution < -0.4 is 0 Å². The molecule has 128 valence electrons. The SMILES string of the molecule is [c]1ccc2c(c1)-c1cc[c]cc1C2(C1CCCCC1)C1CCCCC1. The number of fused-ring (bicyclic) bond motifs is 3. The van der Waals surface area contributed by atoms with Crippen molar-refractivity contribution in [1.29, 1.82) is 0 Å². The van der Waals surface area contributed by atoms with Gasteiger partial charge in [0.15, 0.2) is 0 Å². The highest BCUT2D eigenvalue weighted by atomic mass is 14.6. The molecule has 0 heterocycles. The van der Waals surface area contributed by atoms with E-state index in [1.807, 2.05) is 0 Å². The Morgan fingerprint density at radius 1 is 0.640 bits per heavy atom. The van der Waals surface area contributed by atoms with Gasteiger partial charge in [-0.25, -0.2) is 0 Å². The lowest BCUT2D eigenvalue weighted by molar-refractivity contribution is 0.137. The first-order chi connectivity index (χ1) is 12.4. The second-order valence-electron chi connectivity index (χ2n) is 8.48. The first-order valence-corrected chi connectivity index (χ1v) is 10.4. The predicted molar refractivity (Wildman–Crippen MR) is 103 cm³/mol. The maximum Gasteiger partial charge on any atom is 0.0271 e. The van der Waals surface area contributed by atoms with Gasteiger partial charge in [0.1, 0.15) is 0 Å². The van der Waals surface area contributed by atoms with Crippen molar-refractivity contribution in [1.82, 2.24) is 0 Å². The zero-order valence-corrected chi connectivity index (χ0v) is 15.2. The molecule has 0 bridgehead atoms. The Morgan fingerprint density at radius 3 is 1.92 bits per heavy atom. The van der Waals surface area contributed by atoms with Gasteiger partial charge in [0.25, 0.3) is 0 Å². The van der Waals surface area contributed by atoms with Crippen LogP contribution in [0.15, 0.2) is 36.4 Å². The van der Waals surface area contributed by atoms with E-state index < -0.39 is 0 Å². The summed E-state index contributed by atoms with van der Waals surface area (Å²) in [5.41, 5.74) is 6.41. The molecule has 0 N–H and O–H groups in total. The molecule has 0 aliphatic heterocycles. The highest BCUT2D eigenvalue weighted by Crippen LogP contribution is 2.61. The van der Waals surface area contributed by atoms with Gasteiger partial charge in [-0.05, 0) is 84.0 Å². The van der Waals surface area contributed by atoms with Crippen molar-refractivity contribution in [3.63, 3.8) is 0 Å². The van der Waals surface area contributed by atoms with Crippen LogP contribution in [-0.4, -0.2) is 0 Å². The van der Waals surface area contributed by atoms with Crippen LogP contribution in [0.3, 0.4) is 0 Å². The average molecular weight is 328 g/mol. The Labute approximate surface area is 152 Å². The fraction of sp³-hybridized carbons (Fsp3) is 0.520. The third-order valence-corrected chi connectivity index (χ3v) is 7.41. The van der Waals surface area contributed by atoms with Crippen molar-refractivity contribution in [3.05, 3.63) is 59.7 Å². The molecule has 0 heteroatoms. The molecular formula is C25H28. The van der Waals surface area contributed by atoms with E-state index in [9.17, 15) is 0 Å². The molecule has 0 saturated heterocycles. The van der Waals surface area contributed by atoms with Crippen LogP contribution in [0.4, 0.5) is 0 Å². The summed E-state index contributed by atoms with van der Waals surface area (Å²) >= 11 is 0. The largest absolute Gasteiger partial charge is 0.0569 e. The lowest BCUT2D eigenvalue weighted by Crippen LogP contribution is -2.44. The minimum atomic E-state index is 0.248. The van der Waals surface area contributed by atoms with E-state index in [1.54, 1.807) is 11.1 Å². The van der Waals surface area contributed by atoms with E-state index in [1.165, 1.54) is 75.3 Å². The third-order valence-electron chi connectivity index (χ3n) is 7.41. The van der Waals surface area contributed by atoms with E-state index in [0.717, 1.165) is 11.8 Å². The molecule has 2 aromatic rings. The molecule has 2 fully saturated rings. The summed E-state index contributed by atoms with van der Waals surface area (Å²) < 4.78 is 0. The highest BCUT2D eigenvalue weighted by molar-refractivity contribution is 5.81. The van der Waals surface area contributed by atoms with Gasteiger partial charge in [-0.2, -0.15) is 0 Å². The van der Waals surface area contributed by atoms with E-state index in [2.05, 4.69) is 48.5 Å². The molecule has 2 radical (unpaired) electrons. The van der Waals surface area contributed by atoms with Crippen molar-refractivity contribution in [2.75, 3.05) is 0 Å². The summed E-state index contributed by atoms with van der Waals surface area (Å²) in [6.45, 7) is 0. The van der Waals surface area contributed by atoms with Gasteiger partial charge in [0.2, 0.25) is 0 Å². The number of rotatable bonds is 2. The lowest BCUT2D eigenvalue weighted by atomic mass is 9.55. The molecule has 0 nitrogen and oxygen atoms in total. The number of hydrogen-bond acceptors (Lipinski definition) is 0. The van der Waals surface area contributed by atoms with Gasteiger partial charge in [-0.3, -0.25) is 0 Å². The Morgan fingerprint density at radius 2 is 1.24 bits per heavy atom.